The number of amides is 1. The molecule has 26 heavy (non-hydrogen) atoms. The lowest BCUT2D eigenvalue weighted by Crippen LogP contribution is -2.53. The highest BCUT2D eigenvalue weighted by Crippen LogP contribution is 2.31. The van der Waals surface area contributed by atoms with Gasteiger partial charge in [-0.2, -0.15) is 0 Å². The maximum atomic E-state index is 12.5. The van der Waals surface area contributed by atoms with Gasteiger partial charge in [0.25, 0.3) is 0 Å². The van der Waals surface area contributed by atoms with Gasteiger partial charge in [-0.3, -0.25) is 9.69 Å². The Morgan fingerprint density at radius 2 is 2.04 bits per heavy atom. The summed E-state index contributed by atoms with van der Waals surface area (Å²) in [5.74, 6) is 0.784. The maximum Gasteiger partial charge on any atom is 0.224 e. The number of rotatable bonds is 5. The van der Waals surface area contributed by atoms with Crippen molar-refractivity contribution in [3.05, 3.63) is 22.4 Å². The third-order valence-corrected chi connectivity index (χ3v) is 6.66. The number of nitrogens with two attached hydrogens (primary N) is 1. The van der Waals surface area contributed by atoms with Crippen molar-refractivity contribution in [2.45, 2.75) is 57.5 Å². The zero-order valence-corrected chi connectivity index (χ0v) is 18.1. The molecule has 1 aliphatic carbocycles. The fourth-order valence-electron chi connectivity index (χ4n) is 4.13. The van der Waals surface area contributed by atoms with Crippen molar-refractivity contribution >= 4 is 42.1 Å². The number of carbonyl (C=O) groups is 1. The van der Waals surface area contributed by atoms with Crippen LogP contribution in [0.3, 0.4) is 0 Å². The molecule has 2 atom stereocenters. The summed E-state index contributed by atoms with van der Waals surface area (Å²) in [6, 6.07) is 4.34. The average Bonchev–Trinajstić information content (AvgIpc) is 3.06. The van der Waals surface area contributed by atoms with E-state index in [2.05, 4.69) is 27.7 Å². The van der Waals surface area contributed by atoms with Crippen LogP contribution in [0, 0.1) is 11.8 Å². The summed E-state index contributed by atoms with van der Waals surface area (Å²) in [4.78, 5) is 16.5. The Kier molecular flexibility index (Phi) is 9.91. The van der Waals surface area contributed by atoms with Gasteiger partial charge in [0.05, 0.1) is 5.92 Å². The van der Waals surface area contributed by atoms with E-state index < -0.39 is 0 Å². The Morgan fingerprint density at radius 1 is 1.31 bits per heavy atom. The minimum atomic E-state index is -0.327. The molecule has 1 aliphatic heterocycles. The standard InChI is InChI=1S/C19H31N3OS.2ClH/c1-19(20)9-3-2-6-17(19)18(23)21-13-15-7-10-22(11-8-15)14-16-5-4-12-24-16;;/h4-5,12,15,17H,2-3,6-11,13-14,20H2,1H3,(H,21,23);2*1H. The van der Waals surface area contributed by atoms with E-state index in [0.717, 1.165) is 51.9 Å². The van der Waals surface area contributed by atoms with Crippen molar-refractivity contribution in [2.24, 2.45) is 17.6 Å². The lowest BCUT2D eigenvalue weighted by molar-refractivity contribution is -0.128. The first kappa shape index (κ1) is 23.7. The first-order valence-corrected chi connectivity index (χ1v) is 10.2. The Morgan fingerprint density at radius 3 is 2.65 bits per heavy atom. The number of nitrogens with zero attached hydrogens (tertiary/aromatic N) is 1. The molecule has 150 valence electrons. The minimum Gasteiger partial charge on any atom is -0.356 e. The highest BCUT2D eigenvalue weighted by Gasteiger charge is 2.37. The number of likely N-dealkylation sites (tertiary alicyclic amines) is 1. The molecule has 0 radical (unpaired) electrons. The number of hydrogen-bond acceptors (Lipinski definition) is 4. The molecule has 1 saturated carbocycles. The van der Waals surface area contributed by atoms with Gasteiger partial charge in [-0.25, -0.2) is 0 Å². The molecule has 2 unspecified atom stereocenters. The molecule has 0 aromatic carbocycles. The largest absolute Gasteiger partial charge is 0.356 e. The van der Waals surface area contributed by atoms with Crippen LogP contribution in [0.15, 0.2) is 17.5 Å². The van der Waals surface area contributed by atoms with Crippen molar-refractivity contribution in [3.8, 4) is 0 Å². The van der Waals surface area contributed by atoms with E-state index in [4.69, 9.17) is 5.73 Å². The van der Waals surface area contributed by atoms with Crippen LogP contribution in [0.25, 0.3) is 0 Å². The van der Waals surface area contributed by atoms with Crippen molar-refractivity contribution in [1.29, 1.82) is 0 Å². The lowest BCUT2D eigenvalue weighted by atomic mass is 9.74. The third kappa shape index (κ3) is 6.38. The fourth-order valence-corrected chi connectivity index (χ4v) is 4.87. The smallest absolute Gasteiger partial charge is 0.224 e. The second kappa shape index (κ2) is 10.9. The maximum absolute atomic E-state index is 12.5. The second-order valence-corrected chi connectivity index (χ2v) is 8.88. The van der Waals surface area contributed by atoms with Crippen molar-refractivity contribution in [2.75, 3.05) is 19.6 Å². The molecule has 0 spiro atoms. The van der Waals surface area contributed by atoms with Gasteiger partial charge in [0, 0.05) is 23.5 Å². The van der Waals surface area contributed by atoms with Gasteiger partial charge in [0.2, 0.25) is 5.91 Å². The monoisotopic (exact) mass is 421 g/mol. The van der Waals surface area contributed by atoms with Gasteiger partial charge in [-0.15, -0.1) is 36.2 Å². The molecular weight excluding hydrogens is 389 g/mol. The molecule has 2 aliphatic rings. The van der Waals surface area contributed by atoms with E-state index in [9.17, 15) is 4.79 Å². The topological polar surface area (TPSA) is 58.4 Å². The van der Waals surface area contributed by atoms with Gasteiger partial charge >= 0.3 is 0 Å². The molecule has 1 saturated heterocycles. The van der Waals surface area contributed by atoms with Crippen LogP contribution in [0.4, 0.5) is 0 Å². The number of carbonyl (C=O) groups excluding carboxylic acids is 1. The molecule has 2 heterocycles. The van der Waals surface area contributed by atoms with Gasteiger partial charge in [-0.05, 0) is 63.1 Å². The van der Waals surface area contributed by atoms with Crippen LogP contribution >= 0.6 is 36.2 Å². The van der Waals surface area contributed by atoms with Crippen molar-refractivity contribution in [1.82, 2.24) is 10.2 Å². The van der Waals surface area contributed by atoms with Gasteiger partial charge in [0.15, 0.2) is 0 Å². The average molecular weight is 422 g/mol. The van der Waals surface area contributed by atoms with E-state index in [-0.39, 0.29) is 42.2 Å². The normalized spacial score (nSPS) is 27.2. The summed E-state index contributed by atoms with van der Waals surface area (Å²) in [6.07, 6.45) is 6.54. The van der Waals surface area contributed by atoms with E-state index in [1.807, 2.05) is 18.3 Å². The summed E-state index contributed by atoms with van der Waals surface area (Å²) < 4.78 is 0. The number of halogens is 2. The van der Waals surface area contributed by atoms with Crippen LogP contribution in [0.1, 0.15) is 50.3 Å². The number of piperidine rings is 1. The summed E-state index contributed by atoms with van der Waals surface area (Å²) in [5.41, 5.74) is 6.02. The first-order valence-electron chi connectivity index (χ1n) is 9.36. The molecule has 1 aromatic rings. The Labute approximate surface area is 174 Å². The van der Waals surface area contributed by atoms with E-state index >= 15 is 0 Å². The SMILES string of the molecule is CC1(N)CCCCC1C(=O)NCC1CCN(Cc2cccs2)CC1.Cl.Cl. The van der Waals surface area contributed by atoms with E-state index in [1.54, 1.807) is 0 Å². The highest BCUT2D eigenvalue weighted by atomic mass is 35.5. The third-order valence-electron chi connectivity index (χ3n) is 5.80. The second-order valence-electron chi connectivity index (χ2n) is 7.85. The van der Waals surface area contributed by atoms with E-state index in [1.165, 1.54) is 17.7 Å². The van der Waals surface area contributed by atoms with Crippen LogP contribution in [-0.4, -0.2) is 36.0 Å². The zero-order chi connectivity index (χ0) is 17.0. The van der Waals surface area contributed by atoms with Gasteiger partial charge in [0.1, 0.15) is 0 Å². The summed E-state index contributed by atoms with van der Waals surface area (Å²) in [6.45, 7) is 6.20. The molecule has 7 heteroatoms. The molecule has 0 bridgehead atoms. The Balaban J connectivity index is 0.00000169. The van der Waals surface area contributed by atoms with E-state index in [0.29, 0.717) is 5.92 Å². The predicted molar refractivity (Wildman–Crippen MR) is 114 cm³/mol. The van der Waals surface area contributed by atoms with Gasteiger partial charge < -0.3 is 11.1 Å². The number of hydrogen-bond donors (Lipinski definition) is 2. The molecule has 3 rings (SSSR count). The molecule has 1 aromatic heterocycles. The molecule has 4 nitrogen and oxygen atoms in total. The molecule has 1 amide bonds. The van der Waals surface area contributed by atoms with Gasteiger partial charge in [-0.1, -0.05) is 18.9 Å². The summed E-state index contributed by atoms with van der Waals surface area (Å²) in [5, 5.41) is 5.35. The number of nitrogens with one attached hydrogen (secondary N) is 1. The quantitative estimate of drug-likeness (QED) is 0.758. The molecular formula is C19H33Cl2N3OS. The van der Waals surface area contributed by atoms with Crippen molar-refractivity contribution < 1.29 is 4.79 Å². The van der Waals surface area contributed by atoms with Crippen LogP contribution in [0.2, 0.25) is 0 Å². The fraction of sp³-hybridized carbons (Fsp3) is 0.737. The highest BCUT2D eigenvalue weighted by molar-refractivity contribution is 7.09. The molecule has 3 N–H and O–H groups in total. The zero-order valence-electron chi connectivity index (χ0n) is 15.6. The van der Waals surface area contributed by atoms with Crippen LogP contribution < -0.4 is 11.1 Å². The Bertz CT molecular complexity index is 531. The Hall–Kier alpha value is -0.330. The lowest BCUT2D eigenvalue weighted by Gasteiger charge is -2.38. The minimum absolute atomic E-state index is 0. The van der Waals surface area contributed by atoms with Crippen molar-refractivity contribution in [3.63, 3.8) is 0 Å². The first-order chi connectivity index (χ1) is 11.5. The van der Waals surface area contributed by atoms with Crippen LogP contribution in [0.5, 0.6) is 0 Å². The van der Waals surface area contributed by atoms with Crippen LogP contribution in [-0.2, 0) is 11.3 Å². The predicted octanol–water partition coefficient (Wildman–Crippen LogP) is 3.83. The number of thiophene rings is 1. The molecule has 2 fully saturated rings. The summed E-state index contributed by atoms with van der Waals surface area (Å²) >= 11 is 1.84. The summed E-state index contributed by atoms with van der Waals surface area (Å²) in [7, 11) is 0.